The molecule has 0 bridgehead atoms. The standard InChI is InChI=1S/C9H7ClO3/c10-7(9(12)13)5-6-3-1-2-4-8(6)11/h1-5,11H,(H,12,13)/b7-5+. The summed E-state index contributed by atoms with van der Waals surface area (Å²) in [7, 11) is 0. The SMILES string of the molecule is O=C(O)/C(Cl)=C\c1ccccc1O. The second kappa shape index (κ2) is 3.96. The molecule has 0 radical (unpaired) electrons. The summed E-state index contributed by atoms with van der Waals surface area (Å²) in [4.78, 5) is 10.3. The Morgan fingerprint density at radius 2 is 2.00 bits per heavy atom. The lowest BCUT2D eigenvalue weighted by Crippen LogP contribution is -1.92. The smallest absolute Gasteiger partial charge is 0.347 e. The molecule has 68 valence electrons. The molecule has 0 saturated carbocycles. The van der Waals surface area contributed by atoms with Gasteiger partial charge < -0.3 is 10.2 Å². The van der Waals surface area contributed by atoms with E-state index < -0.39 is 5.97 Å². The third kappa shape index (κ3) is 2.49. The van der Waals surface area contributed by atoms with Gasteiger partial charge in [0, 0.05) is 5.56 Å². The van der Waals surface area contributed by atoms with Gasteiger partial charge in [0.1, 0.15) is 10.8 Å². The number of aromatic hydroxyl groups is 1. The molecule has 0 aromatic heterocycles. The fraction of sp³-hybridized carbons (Fsp3) is 0. The Kier molecular flexibility index (Phi) is 2.93. The van der Waals surface area contributed by atoms with Crippen molar-refractivity contribution in [3.63, 3.8) is 0 Å². The van der Waals surface area contributed by atoms with Crippen molar-refractivity contribution in [2.45, 2.75) is 0 Å². The van der Waals surface area contributed by atoms with Crippen molar-refractivity contribution in [2.75, 3.05) is 0 Å². The first kappa shape index (κ1) is 9.61. The van der Waals surface area contributed by atoms with E-state index in [1.807, 2.05) is 0 Å². The van der Waals surface area contributed by atoms with Crippen molar-refractivity contribution in [3.8, 4) is 5.75 Å². The lowest BCUT2D eigenvalue weighted by atomic mass is 10.2. The normalized spacial score (nSPS) is 11.3. The van der Waals surface area contributed by atoms with Crippen molar-refractivity contribution in [1.82, 2.24) is 0 Å². The second-order valence-corrected chi connectivity index (χ2v) is 2.76. The van der Waals surface area contributed by atoms with Crippen molar-refractivity contribution in [3.05, 3.63) is 34.9 Å². The molecule has 2 N–H and O–H groups in total. The highest BCUT2D eigenvalue weighted by Crippen LogP contribution is 2.20. The van der Waals surface area contributed by atoms with Gasteiger partial charge in [0.15, 0.2) is 0 Å². The van der Waals surface area contributed by atoms with Gasteiger partial charge in [-0.2, -0.15) is 0 Å². The highest BCUT2D eigenvalue weighted by atomic mass is 35.5. The molecule has 13 heavy (non-hydrogen) atoms. The van der Waals surface area contributed by atoms with E-state index in [1.54, 1.807) is 18.2 Å². The quantitative estimate of drug-likeness (QED) is 0.716. The largest absolute Gasteiger partial charge is 0.507 e. The number of benzene rings is 1. The Hall–Kier alpha value is -1.48. The van der Waals surface area contributed by atoms with Gasteiger partial charge in [-0.3, -0.25) is 0 Å². The second-order valence-electron chi connectivity index (χ2n) is 2.36. The molecule has 0 unspecified atom stereocenters. The predicted molar refractivity (Wildman–Crippen MR) is 49.6 cm³/mol. The molecule has 0 amide bonds. The van der Waals surface area contributed by atoms with E-state index in [0.29, 0.717) is 5.56 Å². The van der Waals surface area contributed by atoms with E-state index in [1.165, 1.54) is 12.1 Å². The number of phenolic OH excluding ortho intramolecular Hbond substituents is 1. The van der Waals surface area contributed by atoms with Gasteiger partial charge in [0.05, 0.1) is 0 Å². The number of carbonyl (C=O) groups is 1. The van der Waals surface area contributed by atoms with E-state index >= 15 is 0 Å². The third-order valence-electron chi connectivity index (χ3n) is 1.42. The predicted octanol–water partition coefficient (Wildman–Crippen LogP) is 2.06. The summed E-state index contributed by atoms with van der Waals surface area (Å²) in [6, 6.07) is 6.34. The molecule has 0 saturated heterocycles. The van der Waals surface area contributed by atoms with Gasteiger partial charge in [-0.05, 0) is 12.1 Å². The van der Waals surface area contributed by atoms with Crippen LogP contribution in [0.15, 0.2) is 29.3 Å². The molecule has 0 aliphatic carbocycles. The van der Waals surface area contributed by atoms with Crippen LogP contribution in [-0.4, -0.2) is 16.2 Å². The molecule has 1 rings (SSSR count). The summed E-state index contributed by atoms with van der Waals surface area (Å²) in [5, 5.41) is 17.4. The zero-order chi connectivity index (χ0) is 9.84. The van der Waals surface area contributed by atoms with Crippen LogP contribution >= 0.6 is 11.6 Å². The van der Waals surface area contributed by atoms with Gasteiger partial charge in [-0.25, -0.2) is 4.79 Å². The average Bonchev–Trinajstić information content (AvgIpc) is 2.08. The third-order valence-corrected chi connectivity index (χ3v) is 1.69. The van der Waals surface area contributed by atoms with Crippen LogP contribution in [0.3, 0.4) is 0 Å². The zero-order valence-electron chi connectivity index (χ0n) is 6.57. The van der Waals surface area contributed by atoms with Gasteiger partial charge in [-0.1, -0.05) is 29.8 Å². The molecule has 0 spiro atoms. The van der Waals surface area contributed by atoms with Crippen LogP contribution in [0.2, 0.25) is 0 Å². The summed E-state index contributed by atoms with van der Waals surface area (Å²) >= 11 is 5.37. The number of phenols is 1. The van der Waals surface area contributed by atoms with Gasteiger partial charge >= 0.3 is 5.97 Å². The molecule has 0 aliphatic rings. The van der Waals surface area contributed by atoms with Gasteiger partial charge in [0.2, 0.25) is 0 Å². The minimum Gasteiger partial charge on any atom is -0.507 e. The Bertz CT molecular complexity index is 358. The van der Waals surface area contributed by atoms with Crippen LogP contribution in [0.25, 0.3) is 6.08 Å². The number of aliphatic carboxylic acids is 1. The highest BCUT2D eigenvalue weighted by molar-refractivity contribution is 6.43. The molecule has 0 heterocycles. The minimum atomic E-state index is -1.22. The van der Waals surface area contributed by atoms with E-state index in [4.69, 9.17) is 16.7 Å². The molecule has 0 aliphatic heterocycles. The van der Waals surface area contributed by atoms with Crippen LogP contribution in [0.4, 0.5) is 0 Å². The summed E-state index contributed by atoms with van der Waals surface area (Å²) in [5.74, 6) is -1.22. The first-order valence-corrected chi connectivity index (χ1v) is 3.87. The van der Waals surface area contributed by atoms with E-state index in [0.717, 1.165) is 0 Å². The van der Waals surface area contributed by atoms with Crippen molar-refractivity contribution in [2.24, 2.45) is 0 Å². The maximum atomic E-state index is 10.3. The Balaban J connectivity index is 3.04. The molecule has 1 aromatic rings. The monoisotopic (exact) mass is 198 g/mol. The summed E-state index contributed by atoms with van der Waals surface area (Å²) < 4.78 is 0. The average molecular weight is 199 g/mol. The Labute approximate surface area is 79.9 Å². The molecule has 0 fully saturated rings. The number of halogens is 1. The number of hydrogen-bond donors (Lipinski definition) is 2. The number of hydrogen-bond acceptors (Lipinski definition) is 2. The zero-order valence-corrected chi connectivity index (χ0v) is 7.32. The van der Waals surface area contributed by atoms with Crippen molar-refractivity contribution < 1.29 is 15.0 Å². The fourth-order valence-corrected chi connectivity index (χ4v) is 0.925. The highest BCUT2D eigenvalue weighted by Gasteiger charge is 2.04. The number of carboxylic acid groups (broad SMARTS) is 1. The minimum absolute atomic E-state index is 0.00176. The Morgan fingerprint density at radius 3 is 2.54 bits per heavy atom. The molecular formula is C9H7ClO3. The Morgan fingerprint density at radius 1 is 1.38 bits per heavy atom. The van der Waals surface area contributed by atoms with Crippen LogP contribution < -0.4 is 0 Å². The topological polar surface area (TPSA) is 57.5 Å². The van der Waals surface area contributed by atoms with Crippen LogP contribution in [0.5, 0.6) is 5.75 Å². The van der Waals surface area contributed by atoms with E-state index in [-0.39, 0.29) is 10.8 Å². The molecule has 4 heteroatoms. The number of rotatable bonds is 2. The number of carboxylic acids is 1. The summed E-state index contributed by atoms with van der Waals surface area (Å²) in [5.41, 5.74) is 0.384. The van der Waals surface area contributed by atoms with Gasteiger partial charge in [-0.15, -0.1) is 0 Å². The molecule has 3 nitrogen and oxygen atoms in total. The van der Waals surface area contributed by atoms with E-state index in [2.05, 4.69) is 0 Å². The summed E-state index contributed by atoms with van der Waals surface area (Å²) in [6.07, 6.45) is 1.19. The molecule has 0 atom stereocenters. The number of para-hydroxylation sites is 1. The lowest BCUT2D eigenvalue weighted by molar-refractivity contribution is -0.131. The van der Waals surface area contributed by atoms with E-state index in [9.17, 15) is 9.90 Å². The van der Waals surface area contributed by atoms with Crippen molar-refractivity contribution in [1.29, 1.82) is 0 Å². The van der Waals surface area contributed by atoms with Gasteiger partial charge in [0.25, 0.3) is 0 Å². The molecule has 1 aromatic carbocycles. The lowest BCUT2D eigenvalue weighted by Gasteiger charge is -1.97. The summed E-state index contributed by atoms with van der Waals surface area (Å²) in [6.45, 7) is 0. The fourth-order valence-electron chi connectivity index (χ4n) is 0.808. The van der Waals surface area contributed by atoms with Crippen molar-refractivity contribution >= 4 is 23.6 Å². The maximum Gasteiger partial charge on any atom is 0.347 e. The van der Waals surface area contributed by atoms with Crippen LogP contribution in [0, 0.1) is 0 Å². The van der Waals surface area contributed by atoms with Crippen LogP contribution in [-0.2, 0) is 4.79 Å². The molecular weight excluding hydrogens is 192 g/mol. The first-order chi connectivity index (χ1) is 6.11. The first-order valence-electron chi connectivity index (χ1n) is 3.50. The maximum absolute atomic E-state index is 10.3. The van der Waals surface area contributed by atoms with Crippen LogP contribution in [0.1, 0.15) is 5.56 Å².